The van der Waals surface area contributed by atoms with Crippen LogP contribution in [0.5, 0.6) is 5.75 Å². The molecule has 2 bridgehead atoms. The van der Waals surface area contributed by atoms with Gasteiger partial charge in [0, 0.05) is 36.1 Å². The van der Waals surface area contributed by atoms with E-state index >= 15 is 0 Å². The zero-order chi connectivity index (χ0) is 18.2. The fourth-order valence-electron chi connectivity index (χ4n) is 4.02. The molecule has 2 unspecified atom stereocenters. The van der Waals surface area contributed by atoms with Crippen LogP contribution in [0.3, 0.4) is 0 Å². The number of hydrogen-bond acceptors (Lipinski definition) is 6. The summed E-state index contributed by atoms with van der Waals surface area (Å²) in [6.07, 6.45) is 13.6. The summed E-state index contributed by atoms with van der Waals surface area (Å²) in [6.45, 7) is 0. The number of phenols is 1. The van der Waals surface area contributed by atoms with Gasteiger partial charge < -0.3 is 15.0 Å². The summed E-state index contributed by atoms with van der Waals surface area (Å²) >= 11 is 0. The van der Waals surface area contributed by atoms with Crippen LogP contribution in [0.15, 0.2) is 48.7 Å². The van der Waals surface area contributed by atoms with Gasteiger partial charge in [-0.05, 0) is 43.9 Å². The van der Waals surface area contributed by atoms with Crippen molar-refractivity contribution in [2.24, 2.45) is 0 Å². The Morgan fingerprint density at radius 1 is 1.15 bits per heavy atom. The van der Waals surface area contributed by atoms with Gasteiger partial charge >= 0.3 is 0 Å². The Labute approximate surface area is 156 Å². The lowest BCUT2D eigenvalue weighted by molar-refractivity contribution is 0.475. The first-order chi connectivity index (χ1) is 13.2. The van der Waals surface area contributed by atoms with E-state index in [1.807, 2.05) is 22.9 Å². The van der Waals surface area contributed by atoms with Crippen LogP contribution in [0.2, 0.25) is 0 Å². The Balaban J connectivity index is 1.37. The van der Waals surface area contributed by atoms with Gasteiger partial charge in [0.05, 0.1) is 18.2 Å². The number of imidazole rings is 1. The van der Waals surface area contributed by atoms with Crippen LogP contribution < -0.4 is 5.32 Å². The third kappa shape index (κ3) is 3.21. The third-order valence-electron chi connectivity index (χ3n) is 5.32. The first-order valence-corrected chi connectivity index (χ1v) is 9.21. The zero-order valence-corrected chi connectivity index (χ0v) is 14.8. The topological polar surface area (TPSA) is 88.8 Å². The van der Waals surface area contributed by atoms with Gasteiger partial charge in [0.1, 0.15) is 11.4 Å². The highest BCUT2D eigenvalue weighted by Crippen LogP contribution is 2.32. The van der Waals surface area contributed by atoms with Crippen molar-refractivity contribution in [1.29, 1.82) is 0 Å². The van der Waals surface area contributed by atoms with E-state index < -0.39 is 0 Å². The van der Waals surface area contributed by atoms with Crippen LogP contribution in [-0.4, -0.2) is 41.9 Å². The number of nitrogens with zero attached hydrogens (tertiary/aromatic N) is 5. The maximum absolute atomic E-state index is 10.4. The van der Waals surface area contributed by atoms with Gasteiger partial charge in [-0.25, -0.2) is 9.97 Å². The van der Waals surface area contributed by atoms with Gasteiger partial charge in [0.15, 0.2) is 5.82 Å². The molecule has 136 valence electrons. The van der Waals surface area contributed by atoms with Gasteiger partial charge in [-0.2, -0.15) is 0 Å². The lowest BCUT2D eigenvalue weighted by atomic mass is 9.99. The lowest BCUT2D eigenvalue weighted by Crippen LogP contribution is -2.34. The summed E-state index contributed by atoms with van der Waals surface area (Å²) in [5, 5.41) is 22.5. The van der Waals surface area contributed by atoms with E-state index in [0.717, 1.165) is 18.5 Å². The van der Waals surface area contributed by atoms with Crippen LogP contribution in [0.25, 0.3) is 23.0 Å². The number of piperidine rings is 1. The van der Waals surface area contributed by atoms with Crippen LogP contribution in [-0.2, 0) is 0 Å². The van der Waals surface area contributed by atoms with E-state index in [-0.39, 0.29) is 5.75 Å². The fraction of sp³-hybridized carbons (Fsp3) is 0.300. The molecule has 1 aromatic carbocycles. The summed E-state index contributed by atoms with van der Waals surface area (Å²) in [6, 6.07) is 6.61. The minimum atomic E-state index is 0.137. The molecule has 0 spiro atoms. The Morgan fingerprint density at radius 2 is 2.00 bits per heavy atom. The minimum Gasteiger partial charge on any atom is -0.507 e. The summed E-state index contributed by atoms with van der Waals surface area (Å²) < 4.78 is 1.83. The van der Waals surface area contributed by atoms with E-state index in [4.69, 9.17) is 0 Å². The SMILES string of the molecule is Oc1cc(-n2ccnc2)ccc1-c1cnc(C=C2CC3CCC(C2)N3)nn1. The summed E-state index contributed by atoms with van der Waals surface area (Å²) in [7, 11) is 0. The van der Waals surface area contributed by atoms with Crippen LogP contribution in [0.1, 0.15) is 31.5 Å². The predicted octanol–water partition coefficient (Wildman–Crippen LogP) is 2.73. The lowest BCUT2D eigenvalue weighted by Gasteiger charge is -2.23. The molecule has 5 rings (SSSR count). The van der Waals surface area contributed by atoms with Crippen molar-refractivity contribution in [2.75, 3.05) is 0 Å². The Bertz CT molecular complexity index is 966. The van der Waals surface area contributed by atoms with Crippen molar-refractivity contribution in [1.82, 2.24) is 30.0 Å². The molecule has 0 saturated carbocycles. The number of benzene rings is 1. The summed E-state index contributed by atoms with van der Waals surface area (Å²) in [5.74, 6) is 0.767. The molecule has 0 radical (unpaired) electrons. The van der Waals surface area contributed by atoms with Crippen molar-refractivity contribution in [2.45, 2.75) is 37.8 Å². The van der Waals surface area contributed by atoms with Crippen molar-refractivity contribution >= 4 is 6.08 Å². The number of phenolic OH excluding ortho intramolecular Hbond substituents is 1. The van der Waals surface area contributed by atoms with Crippen LogP contribution in [0, 0.1) is 0 Å². The molecule has 0 aliphatic carbocycles. The fourth-order valence-corrected chi connectivity index (χ4v) is 4.02. The molecule has 2 aliphatic rings. The molecule has 3 aromatic rings. The molecule has 2 fully saturated rings. The second kappa shape index (κ2) is 6.59. The van der Waals surface area contributed by atoms with Crippen molar-refractivity contribution in [3.8, 4) is 22.7 Å². The Morgan fingerprint density at radius 3 is 2.67 bits per heavy atom. The predicted molar refractivity (Wildman–Crippen MR) is 101 cm³/mol. The molecule has 7 heteroatoms. The smallest absolute Gasteiger partial charge is 0.174 e. The molecular formula is C20H20N6O. The second-order valence-electron chi connectivity index (χ2n) is 7.22. The van der Waals surface area contributed by atoms with Crippen LogP contribution in [0.4, 0.5) is 0 Å². The first-order valence-electron chi connectivity index (χ1n) is 9.21. The number of nitrogens with one attached hydrogen (secondary N) is 1. The van der Waals surface area contributed by atoms with E-state index in [1.54, 1.807) is 24.8 Å². The number of rotatable bonds is 3. The van der Waals surface area contributed by atoms with Crippen molar-refractivity contribution < 1.29 is 5.11 Å². The Hall–Kier alpha value is -3.06. The molecule has 2 aromatic heterocycles. The van der Waals surface area contributed by atoms with E-state index in [9.17, 15) is 5.11 Å². The summed E-state index contributed by atoms with van der Waals surface area (Å²) in [5.41, 5.74) is 3.38. The molecule has 27 heavy (non-hydrogen) atoms. The molecule has 0 amide bonds. The monoisotopic (exact) mass is 360 g/mol. The average Bonchev–Trinajstić information content (AvgIpc) is 3.32. The average molecular weight is 360 g/mol. The molecule has 2 saturated heterocycles. The van der Waals surface area contributed by atoms with Gasteiger partial charge in [-0.3, -0.25) is 0 Å². The van der Waals surface area contributed by atoms with Gasteiger partial charge in [-0.15, -0.1) is 10.2 Å². The molecule has 4 heterocycles. The Kier molecular flexibility index (Phi) is 3.94. The largest absolute Gasteiger partial charge is 0.507 e. The molecule has 7 nitrogen and oxygen atoms in total. The third-order valence-corrected chi connectivity index (χ3v) is 5.32. The normalized spacial score (nSPS) is 21.4. The number of fused-ring (bicyclic) bond motifs is 2. The zero-order valence-electron chi connectivity index (χ0n) is 14.8. The standard InChI is InChI=1S/C20H20N6O/c27-19-10-16(26-6-5-21-12-26)3-4-17(19)18-11-22-20(25-24-18)9-13-7-14-1-2-15(8-13)23-14/h3-6,9-12,14-15,23,27H,1-2,7-8H2. The first kappa shape index (κ1) is 16.1. The number of hydrogen-bond donors (Lipinski definition) is 2. The highest BCUT2D eigenvalue weighted by Gasteiger charge is 2.30. The van der Waals surface area contributed by atoms with E-state index in [2.05, 4.69) is 31.6 Å². The molecule has 2 N–H and O–H groups in total. The molecule has 2 atom stereocenters. The quantitative estimate of drug-likeness (QED) is 0.747. The van der Waals surface area contributed by atoms with Gasteiger partial charge in [0.2, 0.25) is 0 Å². The highest BCUT2D eigenvalue weighted by atomic mass is 16.3. The number of aromatic hydroxyl groups is 1. The van der Waals surface area contributed by atoms with Crippen LogP contribution >= 0.6 is 0 Å². The second-order valence-corrected chi connectivity index (χ2v) is 7.22. The minimum absolute atomic E-state index is 0.137. The number of aromatic nitrogens is 5. The van der Waals surface area contributed by atoms with Crippen molar-refractivity contribution in [3.05, 3.63) is 54.5 Å². The maximum atomic E-state index is 10.4. The van der Waals surface area contributed by atoms with Gasteiger partial charge in [-0.1, -0.05) is 5.57 Å². The van der Waals surface area contributed by atoms with Crippen molar-refractivity contribution in [3.63, 3.8) is 0 Å². The van der Waals surface area contributed by atoms with Gasteiger partial charge in [0.25, 0.3) is 0 Å². The molecular weight excluding hydrogens is 340 g/mol. The highest BCUT2D eigenvalue weighted by molar-refractivity contribution is 5.68. The van der Waals surface area contributed by atoms with E-state index in [0.29, 0.717) is 29.2 Å². The molecule has 2 aliphatic heterocycles. The maximum Gasteiger partial charge on any atom is 0.174 e. The summed E-state index contributed by atoms with van der Waals surface area (Å²) in [4.78, 5) is 8.46. The van der Waals surface area contributed by atoms with E-state index in [1.165, 1.54) is 18.4 Å².